The number of aryl methyl sites for hydroxylation is 1. The highest BCUT2D eigenvalue weighted by molar-refractivity contribution is 5.63. The summed E-state index contributed by atoms with van der Waals surface area (Å²) in [5.41, 5.74) is 2.41. The van der Waals surface area contributed by atoms with Gasteiger partial charge in [0.05, 0.1) is 0 Å². The number of rotatable bonds is 5. The van der Waals surface area contributed by atoms with Crippen molar-refractivity contribution in [1.29, 1.82) is 0 Å². The van der Waals surface area contributed by atoms with Crippen molar-refractivity contribution < 1.29 is 0 Å². The summed E-state index contributed by atoms with van der Waals surface area (Å²) in [7, 11) is 0. The molecule has 4 rings (SSSR count). The lowest BCUT2D eigenvalue weighted by atomic mass is 10.2. The van der Waals surface area contributed by atoms with E-state index >= 15 is 0 Å². The molecule has 0 radical (unpaired) electrons. The van der Waals surface area contributed by atoms with Crippen LogP contribution in [0.3, 0.4) is 0 Å². The molecule has 0 saturated carbocycles. The van der Waals surface area contributed by atoms with Gasteiger partial charge in [-0.15, -0.1) is 0 Å². The SMILES string of the molecule is CCN(c1cccc(C)c1)c1cc(N2CCN(c3ccccn3)CC2)ncn1. The van der Waals surface area contributed by atoms with E-state index in [9.17, 15) is 0 Å². The summed E-state index contributed by atoms with van der Waals surface area (Å²) in [6, 6.07) is 16.7. The average molecular weight is 374 g/mol. The number of piperazine rings is 1. The normalized spacial score (nSPS) is 14.2. The molecule has 0 aliphatic carbocycles. The van der Waals surface area contributed by atoms with E-state index in [1.54, 1.807) is 6.33 Å². The van der Waals surface area contributed by atoms with Crippen LogP contribution in [0.1, 0.15) is 12.5 Å². The Hall–Kier alpha value is -3.15. The second-order valence-electron chi connectivity index (χ2n) is 6.98. The minimum Gasteiger partial charge on any atom is -0.353 e. The van der Waals surface area contributed by atoms with Crippen LogP contribution in [0.4, 0.5) is 23.1 Å². The van der Waals surface area contributed by atoms with Gasteiger partial charge in [0.15, 0.2) is 0 Å². The second kappa shape index (κ2) is 8.25. The second-order valence-corrected chi connectivity index (χ2v) is 6.98. The molecule has 28 heavy (non-hydrogen) atoms. The highest BCUT2D eigenvalue weighted by Gasteiger charge is 2.20. The Morgan fingerprint density at radius 1 is 0.857 bits per heavy atom. The molecule has 1 fully saturated rings. The molecule has 3 aromatic rings. The Morgan fingerprint density at radius 2 is 1.64 bits per heavy atom. The van der Waals surface area contributed by atoms with Gasteiger partial charge in [0.25, 0.3) is 0 Å². The van der Waals surface area contributed by atoms with Crippen LogP contribution < -0.4 is 14.7 Å². The first-order valence-corrected chi connectivity index (χ1v) is 9.82. The van der Waals surface area contributed by atoms with Gasteiger partial charge >= 0.3 is 0 Å². The first-order valence-electron chi connectivity index (χ1n) is 9.82. The molecule has 0 N–H and O–H groups in total. The molecule has 0 bridgehead atoms. The zero-order valence-electron chi connectivity index (χ0n) is 16.5. The van der Waals surface area contributed by atoms with Gasteiger partial charge in [0.1, 0.15) is 23.8 Å². The van der Waals surface area contributed by atoms with Gasteiger partial charge in [-0.3, -0.25) is 0 Å². The average Bonchev–Trinajstić information content (AvgIpc) is 2.75. The molecular weight excluding hydrogens is 348 g/mol. The maximum absolute atomic E-state index is 4.54. The van der Waals surface area contributed by atoms with E-state index in [-0.39, 0.29) is 0 Å². The van der Waals surface area contributed by atoms with Crippen molar-refractivity contribution in [3.05, 3.63) is 66.6 Å². The number of benzene rings is 1. The molecular formula is C22H26N6. The van der Waals surface area contributed by atoms with Crippen LogP contribution in [0, 0.1) is 6.92 Å². The standard InChI is InChI=1S/C22H26N6/c1-3-28(19-8-6-7-18(2)15-19)22-16-21(24-17-25-22)27-13-11-26(12-14-27)20-9-4-5-10-23-20/h4-10,15-17H,3,11-14H2,1-2H3. The van der Waals surface area contributed by atoms with Crippen molar-refractivity contribution >= 4 is 23.1 Å². The van der Waals surface area contributed by atoms with Crippen LogP contribution in [-0.2, 0) is 0 Å². The molecule has 1 aromatic carbocycles. The number of nitrogens with zero attached hydrogens (tertiary/aromatic N) is 6. The largest absolute Gasteiger partial charge is 0.353 e. The first kappa shape index (κ1) is 18.2. The number of anilines is 4. The Morgan fingerprint density at radius 3 is 2.32 bits per heavy atom. The lowest BCUT2D eigenvalue weighted by molar-refractivity contribution is 0.641. The lowest BCUT2D eigenvalue weighted by Gasteiger charge is -2.36. The molecule has 144 valence electrons. The lowest BCUT2D eigenvalue weighted by Crippen LogP contribution is -2.47. The predicted octanol–water partition coefficient (Wildman–Crippen LogP) is 3.66. The molecule has 0 spiro atoms. The summed E-state index contributed by atoms with van der Waals surface area (Å²) in [6.07, 6.45) is 3.53. The molecule has 6 nitrogen and oxygen atoms in total. The van der Waals surface area contributed by atoms with E-state index in [4.69, 9.17) is 0 Å². The first-order chi connectivity index (χ1) is 13.7. The minimum absolute atomic E-state index is 0.855. The van der Waals surface area contributed by atoms with E-state index < -0.39 is 0 Å². The maximum atomic E-state index is 4.54. The van der Waals surface area contributed by atoms with E-state index in [2.05, 4.69) is 79.9 Å². The molecule has 2 aromatic heterocycles. The quantitative estimate of drug-likeness (QED) is 0.679. The number of pyridine rings is 1. The Kier molecular flexibility index (Phi) is 5.37. The summed E-state index contributed by atoms with van der Waals surface area (Å²) in [4.78, 5) is 20.4. The maximum Gasteiger partial charge on any atom is 0.138 e. The summed E-state index contributed by atoms with van der Waals surface area (Å²) in [5.74, 6) is 2.96. The van der Waals surface area contributed by atoms with Gasteiger partial charge in [-0.2, -0.15) is 0 Å². The fraction of sp³-hybridized carbons (Fsp3) is 0.318. The number of hydrogen-bond acceptors (Lipinski definition) is 6. The summed E-state index contributed by atoms with van der Waals surface area (Å²) < 4.78 is 0. The van der Waals surface area contributed by atoms with Gasteiger partial charge in [-0.05, 0) is 43.7 Å². The zero-order valence-corrected chi connectivity index (χ0v) is 16.5. The third-order valence-corrected chi connectivity index (χ3v) is 5.12. The van der Waals surface area contributed by atoms with Crippen molar-refractivity contribution in [2.45, 2.75) is 13.8 Å². The highest BCUT2D eigenvalue weighted by atomic mass is 15.3. The highest BCUT2D eigenvalue weighted by Crippen LogP contribution is 2.26. The molecule has 6 heteroatoms. The van der Waals surface area contributed by atoms with Crippen LogP contribution in [-0.4, -0.2) is 47.7 Å². The van der Waals surface area contributed by atoms with Gasteiger partial charge in [-0.1, -0.05) is 18.2 Å². The predicted molar refractivity (Wildman–Crippen MR) is 115 cm³/mol. The van der Waals surface area contributed by atoms with Crippen LogP contribution >= 0.6 is 0 Å². The Bertz CT molecular complexity index is 906. The molecule has 0 atom stereocenters. The third-order valence-electron chi connectivity index (χ3n) is 5.12. The molecule has 1 aliphatic heterocycles. The monoisotopic (exact) mass is 374 g/mol. The van der Waals surface area contributed by atoms with E-state index in [1.165, 1.54) is 5.56 Å². The smallest absolute Gasteiger partial charge is 0.138 e. The Labute approximate surface area is 166 Å². The zero-order chi connectivity index (χ0) is 19.3. The minimum atomic E-state index is 0.855. The number of hydrogen-bond donors (Lipinski definition) is 0. The van der Waals surface area contributed by atoms with Crippen molar-refractivity contribution in [2.24, 2.45) is 0 Å². The molecule has 3 heterocycles. The van der Waals surface area contributed by atoms with Gasteiger partial charge < -0.3 is 14.7 Å². The van der Waals surface area contributed by atoms with Crippen LogP contribution in [0.5, 0.6) is 0 Å². The van der Waals surface area contributed by atoms with Gasteiger partial charge in [0, 0.05) is 50.7 Å². The van der Waals surface area contributed by atoms with Crippen LogP contribution in [0.15, 0.2) is 61.1 Å². The topological polar surface area (TPSA) is 48.4 Å². The molecule has 0 unspecified atom stereocenters. The van der Waals surface area contributed by atoms with Crippen molar-refractivity contribution in [2.75, 3.05) is 47.4 Å². The number of aromatic nitrogens is 3. The van der Waals surface area contributed by atoms with Crippen LogP contribution in [0.2, 0.25) is 0 Å². The van der Waals surface area contributed by atoms with Crippen molar-refractivity contribution in [1.82, 2.24) is 15.0 Å². The van der Waals surface area contributed by atoms with Gasteiger partial charge in [0.2, 0.25) is 0 Å². The molecule has 0 amide bonds. The Balaban J connectivity index is 1.50. The van der Waals surface area contributed by atoms with Crippen molar-refractivity contribution in [3.8, 4) is 0 Å². The van der Waals surface area contributed by atoms with Gasteiger partial charge in [-0.25, -0.2) is 15.0 Å². The molecule has 1 saturated heterocycles. The summed E-state index contributed by atoms with van der Waals surface area (Å²) in [6.45, 7) is 8.83. The fourth-order valence-electron chi connectivity index (χ4n) is 3.64. The van der Waals surface area contributed by atoms with E-state index in [1.807, 2.05) is 18.3 Å². The van der Waals surface area contributed by atoms with Crippen LogP contribution in [0.25, 0.3) is 0 Å². The summed E-state index contributed by atoms with van der Waals surface area (Å²) in [5, 5.41) is 0. The molecule has 1 aliphatic rings. The van der Waals surface area contributed by atoms with E-state index in [0.717, 1.165) is 55.9 Å². The van der Waals surface area contributed by atoms with E-state index in [0.29, 0.717) is 0 Å². The van der Waals surface area contributed by atoms with Crippen molar-refractivity contribution in [3.63, 3.8) is 0 Å². The third kappa shape index (κ3) is 3.91. The summed E-state index contributed by atoms with van der Waals surface area (Å²) >= 11 is 0. The fourth-order valence-corrected chi connectivity index (χ4v) is 3.64.